The van der Waals surface area contributed by atoms with Crippen molar-refractivity contribution in [3.63, 3.8) is 0 Å². The molecule has 0 bridgehead atoms. The zero-order chi connectivity index (χ0) is 11.6. The fourth-order valence-electron chi connectivity index (χ4n) is 2.30. The lowest BCUT2D eigenvalue weighted by molar-refractivity contribution is 0.00320. The van der Waals surface area contributed by atoms with Crippen molar-refractivity contribution in [3.8, 4) is 0 Å². The van der Waals surface area contributed by atoms with Crippen molar-refractivity contribution >= 4 is 15.9 Å². The molecule has 0 amide bonds. The number of piperidine rings is 1. The molecule has 2 N–H and O–H groups in total. The number of β-amino-alcohol motifs (C(OH)–C–C–N with tert-alkyl or cyclic N) is 1. The SMILES string of the molecule is CCCn1ncc(Br)c1C1(O)CCCNC1. The minimum absolute atomic E-state index is 0.612. The van der Waals surface area contributed by atoms with Crippen LogP contribution in [-0.2, 0) is 12.1 Å². The molecule has 1 saturated heterocycles. The van der Waals surface area contributed by atoms with Gasteiger partial charge in [-0.25, -0.2) is 0 Å². The fourth-order valence-corrected chi connectivity index (χ4v) is 2.96. The Bertz CT molecular complexity index is 358. The number of aromatic nitrogens is 2. The van der Waals surface area contributed by atoms with Crippen LogP contribution < -0.4 is 5.32 Å². The second-order valence-corrected chi connectivity index (χ2v) is 5.23. The van der Waals surface area contributed by atoms with Crippen molar-refractivity contribution in [1.29, 1.82) is 0 Å². The van der Waals surface area contributed by atoms with Crippen LogP contribution >= 0.6 is 15.9 Å². The van der Waals surface area contributed by atoms with Crippen LogP contribution in [0.1, 0.15) is 31.9 Å². The minimum Gasteiger partial charge on any atom is -0.382 e. The Labute approximate surface area is 104 Å². The summed E-state index contributed by atoms with van der Waals surface area (Å²) in [6, 6.07) is 0. The lowest BCUT2D eigenvalue weighted by atomic mass is 9.90. The second kappa shape index (κ2) is 4.85. The molecule has 0 aromatic carbocycles. The van der Waals surface area contributed by atoms with Gasteiger partial charge in [-0.05, 0) is 41.7 Å². The van der Waals surface area contributed by atoms with Crippen LogP contribution in [0.25, 0.3) is 0 Å². The summed E-state index contributed by atoms with van der Waals surface area (Å²) in [5, 5.41) is 18.2. The third kappa shape index (κ3) is 2.17. The van der Waals surface area contributed by atoms with Gasteiger partial charge in [0, 0.05) is 13.1 Å². The first kappa shape index (κ1) is 12.1. The van der Waals surface area contributed by atoms with E-state index in [9.17, 15) is 5.11 Å². The van der Waals surface area contributed by atoms with Gasteiger partial charge in [-0.3, -0.25) is 4.68 Å². The monoisotopic (exact) mass is 287 g/mol. The van der Waals surface area contributed by atoms with Gasteiger partial charge in [0.1, 0.15) is 5.60 Å². The molecular formula is C11H18BrN3O. The van der Waals surface area contributed by atoms with E-state index in [0.29, 0.717) is 6.54 Å². The first-order valence-electron chi connectivity index (χ1n) is 5.82. The van der Waals surface area contributed by atoms with Crippen molar-refractivity contribution < 1.29 is 5.11 Å². The van der Waals surface area contributed by atoms with E-state index in [2.05, 4.69) is 33.3 Å². The van der Waals surface area contributed by atoms with E-state index >= 15 is 0 Å². The highest BCUT2D eigenvalue weighted by molar-refractivity contribution is 9.10. The number of aryl methyl sites for hydroxylation is 1. The van der Waals surface area contributed by atoms with E-state index in [1.807, 2.05) is 4.68 Å². The number of halogens is 1. The van der Waals surface area contributed by atoms with Gasteiger partial charge < -0.3 is 10.4 Å². The number of hydrogen-bond acceptors (Lipinski definition) is 3. The molecule has 16 heavy (non-hydrogen) atoms. The highest BCUT2D eigenvalue weighted by Gasteiger charge is 2.36. The molecule has 0 saturated carbocycles. The average Bonchev–Trinajstić information content (AvgIpc) is 2.62. The maximum Gasteiger partial charge on any atom is 0.120 e. The van der Waals surface area contributed by atoms with Gasteiger partial charge in [-0.15, -0.1) is 0 Å². The number of nitrogens with zero attached hydrogens (tertiary/aromatic N) is 2. The topological polar surface area (TPSA) is 50.1 Å². The number of nitrogens with one attached hydrogen (secondary N) is 1. The molecule has 1 fully saturated rings. The first-order valence-corrected chi connectivity index (χ1v) is 6.61. The van der Waals surface area contributed by atoms with Crippen molar-refractivity contribution in [2.45, 2.75) is 38.3 Å². The van der Waals surface area contributed by atoms with E-state index in [0.717, 1.165) is 42.5 Å². The fraction of sp³-hybridized carbons (Fsp3) is 0.727. The Kier molecular flexibility index (Phi) is 3.66. The molecule has 1 unspecified atom stereocenters. The van der Waals surface area contributed by atoms with Crippen LogP contribution in [-0.4, -0.2) is 28.0 Å². The predicted octanol–water partition coefficient (Wildman–Crippen LogP) is 1.63. The molecule has 0 spiro atoms. The van der Waals surface area contributed by atoms with Crippen LogP contribution in [0, 0.1) is 0 Å². The molecule has 5 heteroatoms. The largest absolute Gasteiger partial charge is 0.382 e. The van der Waals surface area contributed by atoms with Crippen molar-refractivity contribution in [2.75, 3.05) is 13.1 Å². The summed E-state index contributed by atoms with van der Waals surface area (Å²) < 4.78 is 2.82. The van der Waals surface area contributed by atoms with Crippen molar-refractivity contribution in [3.05, 3.63) is 16.4 Å². The third-order valence-corrected chi connectivity index (χ3v) is 3.61. The van der Waals surface area contributed by atoms with Crippen molar-refractivity contribution in [2.24, 2.45) is 0 Å². The van der Waals surface area contributed by atoms with E-state index < -0.39 is 5.60 Å². The van der Waals surface area contributed by atoms with Gasteiger partial charge in [-0.2, -0.15) is 5.10 Å². The zero-order valence-electron chi connectivity index (χ0n) is 9.54. The Hall–Kier alpha value is -0.390. The summed E-state index contributed by atoms with van der Waals surface area (Å²) in [5.74, 6) is 0. The summed E-state index contributed by atoms with van der Waals surface area (Å²) in [6.45, 7) is 4.56. The Balaban J connectivity index is 2.33. The molecule has 1 aliphatic heterocycles. The molecule has 1 aromatic heterocycles. The van der Waals surface area contributed by atoms with Gasteiger partial charge in [-0.1, -0.05) is 6.92 Å². The number of rotatable bonds is 3. The maximum atomic E-state index is 10.7. The van der Waals surface area contributed by atoms with Gasteiger partial charge >= 0.3 is 0 Å². The molecule has 2 heterocycles. The van der Waals surface area contributed by atoms with Gasteiger partial charge in [0.15, 0.2) is 0 Å². The van der Waals surface area contributed by atoms with E-state index in [1.54, 1.807) is 6.20 Å². The quantitative estimate of drug-likeness (QED) is 0.888. The Morgan fingerprint density at radius 2 is 2.50 bits per heavy atom. The van der Waals surface area contributed by atoms with Crippen LogP contribution in [0.3, 0.4) is 0 Å². The van der Waals surface area contributed by atoms with Gasteiger partial charge in [0.05, 0.1) is 16.4 Å². The third-order valence-electron chi connectivity index (χ3n) is 3.03. The standard InChI is InChI=1S/C11H18BrN3O/c1-2-6-15-10(9(12)7-14-15)11(16)4-3-5-13-8-11/h7,13,16H,2-6,8H2,1H3. The Morgan fingerprint density at radius 1 is 1.69 bits per heavy atom. The summed E-state index contributed by atoms with van der Waals surface area (Å²) in [6.07, 6.45) is 4.59. The summed E-state index contributed by atoms with van der Waals surface area (Å²) in [4.78, 5) is 0. The second-order valence-electron chi connectivity index (χ2n) is 4.38. The Morgan fingerprint density at radius 3 is 3.12 bits per heavy atom. The number of hydrogen-bond donors (Lipinski definition) is 2. The molecule has 2 rings (SSSR count). The van der Waals surface area contributed by atoms with Crippen LogP contribution in [0.4, 0.5) is 0 Å². The predicted molar refractivity (Wildman–Crippen MR) is 66.2 cm³/mol. The summed E-state index contributed by atoms with van der Waals surface area (Å²) in [7, 11) is 0. The molecule has 1 atom stereocenters. The van der Waals surface area contributed by atoms with Crippen LogP contribution in [0.2, 0.25) is 0 Å². The molecule has 0 aliphatic carbocycles. The summed E-state index contributed by atoms with van der Waals surface area (Å²) >= 11 is 3.49. The average molecular weight is 288 g/mol. The minimum atomic E-state index is -0.775. The first-order chi connectivity index (χ1) is 7.67. The lowest BCUT2D eigenvalue weighted by Gasteiger charge is -2.33. The van der Waals surface area contributed by atoms with Gasteiger partial charge in [0.25, 0.3) is 0 Å². The summed E-state index contributed by atoms with van der Waals surface area (Å²) in [5.41, 5.74) is 0.143. The molecule has 1 aliphatic rings. The highest BCUT2D eigenvalue weighted by atomic mass is 79.9. The molecule has 1 aromatic rings. The smallest absolute Gasteiger partial charge is 0.120 e. The molecule has 0 radical (unpaired) electrons. The maximum absolute atomic E-state index is 10.7. The highest BCUT2D eigenvalue weighted by Crippen LogP contribution is 2.33. The van der Waals surface area contributed by atoms with Crippen molar-refractivity contribution in [1.82, 2.24) is 15.1 Å². The number of aliphatic hydroxyl groups is 1. The van der Waals surface area contributed by atoms with Crippen LogP contribution in [0.5, 0.6) is 0 Å². The normalized spacial score (nSPS) is 25.9. The molecule has 90 valence electrons. The lowest BCUT2D eigenvalue weighted by Crippen LogP contribution is -2.44. The molecular weight excluding hydrogens is 270 g/mol. The van der Waals surface area contributed by atoms with Gasteiger partial charge in [0.2, 0.25) is 0 Å². The molecule has 4 nitrogen and oxygen atoms in total. The van der Waals surface area contributed by atoms with Crippen LogP contribution in [0.15, 0.2) is 10.7 Å². The van der Waals surface area contributed by atoms with E-state index in [-0.39, 0.29) is 0 Å². The van der Waals surface area contributed by atoms with E-state index in [1.165, 1.54) is 0 Å². The van der Waals surface area contributed by atoms with E-state index in [4.69, 9.17) is 0 Å². The zero-order valence-corrected chi connectivity index (χ0v) is 11.1.